The van der Waals surface area contributed by atoms with Crippen LogP contribution in [0.2, 0.25) is 4.31 Å². The molecule has 0 aromatic carbocycles. The molecule has 0 aliphatic carbocycles. The van der Waals surface area contributed by atoms with Gasteiger partial charge in [-0.1, -0.05) is 0 Å². The molecule has 0 saturated carbocycles. The standard InChI is InChI=1S/C8H15N2OSe/c1-6-9-12-8(4,5)7(2,3)10(6)11/h1-5H3. The van der Waals surface area contributed by atoms with Gasteiger partial charge in [0, 0.05) is 0 Å². The van der Waals surface area contributed by atoms with Crippen LogP contribution >= 0.6 is 0 Å². The van der Waals surface area contributed by atoms with Crippen LogP contribution < -0.4 is 0 Å². The quantitative estimate of drug-likeness (QED) is 0.587. The van der Waals surface area contributed by atoms with Crippen LogP contribution in [0, 0.1) is 0 Å². The SMILES string of the molecule is CC1=N[Se]C(C)(C)C(C)(C)N1[O]. The van der Waals surface area contributed by atoms with Crippen molar-refractivity contribution in [1.29, 1.82) is 0 Å². The Bertz CT molecular complexity index is 223. The molecule has 0 unspecified atom stereocenters. The van der Waals surface area contributed by atoms with Crippen molar-refractivity contribution < 1.29 is 5.21 Å². The van der Waals surface area contributed by atoms with Crippen LogP contribution in [0.15, 0.2) is 4.01 Å². The third kappa shape index (κ3) is 1.28. The predicted molar refractivity (Wildman–Crippen MR) is 49.5 cm³/mol. The van der Waals surface area contributed by atoms with Crippen molar-refractivity contribution in [2.45, 2.75) is 44.5 Å². The van der Waals surface area contributed by atoms with Crippen LogP contribution in [0.25, 0.3) is 0 Å². The summed E-state index contributed by atoms with van der Waals surface area (Å²) in [5.74, 6) is 0.624. The molecule has 1 heterocycles. The van der Waals surface area contributed by atoms with Crippen LogP contribution in [0.4, 0.5) is 0 Å². The molecular formula is C8H15N2OSe. The molecule has 0 bridgehead atoms. The van der Waals surface area contributed by atoms with Gasteiger partial charge in [0.05, 0.1) is 0 Å². The van der Waals surface area contributed by atoms with Gasteiger partial charge in [0.1, 0.15) is 0 Å². The molecular weight excluding hydrogens is 219 g/mol. The fraction of sp³-hybridized carbons (Fsp3) is 0.875. The Kier molecular flexibility index (Phi) is 2.28. The van der Waals surface area contributed by atoms with E-state index in [1.54, 1.807) is 6.92 Å². The summed E-state index contributed by atoms with van der Waals surface area (Å²) < 4.78 is 4.27. The van der Waals surface area contributed by atoms with Crippen molar-refractivity contribution in [1.82, 2.24) is 5.06 Å². The third-order valence-corrected chi connectivity index (χ3v) is 5.43. The molecule has 0 amide bonds. The van der Waals surface area contributed by atoms with E-state index in [-0.39, 0.29) is 25.0 Å². The molecule has 1 aliphatic heterocycles. The first-order chi connectivity index (χ1) is 5.29. The van der Waals surface area contributed by atoms with E-state index in [1.807, 2.05) is 13.8 Å². The van der Waals surface area contributed by atoms with Crippen LogP contribution in [0.1, 0.15) is 34.6 Å². The second-order valence-corrected chi connectivity index (χ2v) is 7.00. The molecule has 0 aromatic rings. The van der Waals surface area contributed by atoms with Gasteiger partial charge in [-0.05, 0) is 0 Å². The van der Waals surface area contributed by atoms with Crippen molar-refractivity contribution >= 4 is 21.0 Å². The Labute approximate surface area is 80.2 Å². The second-order valence-electron chi connectivity index (χ2n) is 4.09. The van der Waals surface area contributed by atoms with Crippen molar-refractivity contribution in [2.75, 3.05) is 0 Å². The van der Waals surface area contributed by atoms with Crippen LogP contribution in [-0.2, 0) is 5.21 Å². The van der Waals surface area contributed by atoms with Gasteiger partial charge in [-0.25, -0.2) is 0 Å². The van der Waals surface area contributed by atoms with Gasteiger partial charge in [0.2, 0.25) is 0 Å². The molecule has 0 fully saturated rings. The summed E-state index contributed by atoms with van der Waals surface area (Å²) in [4.78, 5) is 0. The van der Waals surface area contributed by atoms with E-state index in [1.165, 1.54) is 0 Å². The summed E-state index contributed by atoms with van der Waals surface area (Å²) in [6, 6.07) is 0. The Hall–Kier alpha value is -0.0505. The van der Waals surface area contributed by atoms with Gasteiger partial charge in [0.25, 0.3) is 0 Å². The molecule has 0 N–H and O–H groups in total. The monoisotopic (exact) mass is 235 g/mol. The number of nitrogens with zero attached hydrogens (tertiary/aromatic N) is 2. The molecule has 1 radical (unpaired) electrons. The van der Waals surface area contributed by atoms with Gasteiger partial charge >= 0.3 is 79.8 Å². The van der Waals surface area contributed by atoms with E-state index in [0.717, 1.165) is 5.06 Å². The maximum absolute atomic E-state index is 11.7. The molecule has 69 valence electrons. The topological polar surface area (TPSA) is 35.5 Å². The van der Waals surface area contributed by atoms with Gasteiger partial charge in [-0.15, -0.1) is 0 Å². The Morgan fingerprint density at radius 3 is 2.25 bits per heavy atom. The molecule has 12 heavy (non-hydrogen) atoms. The van der Waals surface area contributed by atoms with Crippen molar-refractivity contribution in [3.8, 4) is 0 Å². The maximum atomic E-state index is 11.7. The Morgan fingerprint density at radius 1 is 1.33 bits per heavy atom. The zero-order valence-corrected chi connectivity index (χ0v) is 9.92. The molecule has 1 rings (SSSR count). The van der Waals surface area contributed by atoms with E-state index in [9.17, 15) is 5.21 Å². The predicted octanol–water partition coefficient (Wildman–Crippen LogP) is 1.66. The minimum atomic E-state index is -0.321. The first kappa shape index (κ1) is 10.0. The van der Waals surface area contributed by atoms with E-state index < -0.39 is 0 Å². The number of amidine groups is 1. The van der Waals surface area contributed by atoms with Gasteiger partial charge in [-0.3, -0.25) is 0 Å². The summed E-state index contributed by atoms with van der Waals surface area (Å²) in [5.41, 5.74) is -0.321. The van der Waals surface area contributed by atoms with Gasteiger partial charge in [0.15, 0.2) is 0 Å². The number of rotatable bonds is 0. The first-order valence-electron chi connectivity index (χ1n) is 3.99. The molecule has 1 aliphatic rings. The first-order valence-corrected chi connectivity index (χ1v) is 5.61. The summed E-state index contributed by atoms with van der Waals surface area (Å²) >= 11 is 0.182. The Morgan fingerprint density at radius 2 is 1.83 bits per heavy atom. The average molecular weight is 234 g/mol. The van der Waals surface area contributed by atoms with Crippen LogP contribution in [0.5, 0.6) is 0 Å². The van der Waals surface area contributed by atoms with E-state index >= 15 is 0 Å². The van der Waals surface area contributed by atoms with Crippen molar-refractivity contribution in [3.63, 3.8) is 0 Å². The van der Waals surface area contributed by atoms with E-state index in [4.69, 9.17) is 0 Å². The molecule has 0 atom stereocenters. The fourth-order valence-corrected chi connectivity index (χ4v) is 2.53. The zero-order valence-electron chi connectivity index (χ0n) is 8.21. The van der Waals surface area contributed by atoms with Gasteiger partial charge in [-0.2, -0.15) is 0 Å². The summed E-state index contributed by atoms with van der Waals surface area (Å²) in [6.07, 6.45) is 0. The van der Waals surface area contributed by atoms with Gasteiger partial charge < -0.3 is 0 Å². The molecule has 3 nitrogen and oxygen atoms in total. The van der Waals surface area contributed by atoms with E-state index in [0.29, 0.717) is 5.84 Å². The summed E-state index contributed by atoms with van der Waals surface area (Å²) in [7, 11) is 0. The second kappa shape index (κ2) is 2.72. The number of hydrogen-bond donors (Lipinski definition) is 0. The molecule has 0 aromatic heterocycles. The summed E-state index contributed by atoms with van der Waals surface area (Å²) in [5, 5.41) is 12.7. The van der Waals surface area contributed by atoms with Crippen LogP contribution in [0.3, 0.4) is 0 Å². The molecule has 0 saturated heterocycles. The average Bonchev–Trinajstić information content (AvgIpc) is 1.96. The molecule has 0 spiro atoms. The van der Waals surface area contributed by atoms with Crippen LogP contribution in [-0.4, -0.2) is 31.6 Å². The minimum absolute atomic E-state index is 0.0151. The summed E-state index contributed by atoms with van der Waals surface area (Å²) in [6.45, 7) is 9.97. The fourth-order valence-electron chi connectivity index (χ4n) is 0.978. The van der Waals surface area contributed by atoms with Crippen molar-refractivity contribution in [2.24, 2.45) is 4.01 Å². The number of hydroxylamine groups is 2. The third-order valence-electron chi connectivity index (χ3n) is 2.68. The zero-order chi connectivity index (χ0) is 9.57. The van der Waals surface area contributed by atoms with E-state index in [2.05, 4.69) is 17.9 Å². The van der Waals surface area contributed by atoms with Crippen molar-refractivity contribution in [3.05, 3.63) is 0 Å². The normalized spacial score (nSPS) is 26.8. The molecule has 4 heteroatoms. The Balaban J connectivity index is 3.05. The number of hydrogen-bond acceptors (Lipinski definition) is 2.